The Morgan fingerprint density at radius 3 is 2.78 bits per heavy atom. The third-order valence-corrected chi connectivity index (χ3v) is 3.30. The van der Waals surface area contributed by atoms with Gasteiger partial charge in [0.15, 0.2) is 0 Å². The molecule has 0 radical (unpaired) electrons. The van der Waals surface area contributed by atoms with Gasteiger partial charge in [0.1, 0.15) is 0 Å². The molecule has 0 aliphatic carbocycles. The van der Waals surface area contributed by atoms with Gasteiger partial charge >= 0.3 is 5.97 Å². The maximum absolute atomic E-state index is 13.0. The minimum Gasteiger partial charge on any atom is -0.476 e. The lowest BCUT2D eigenvalue weighted by molar-refractivity contribution is -0.134. The lowest BCUT2D eigenvalue weighted by Crippen LogP contribution is -1.98. The van der Waals surface area contributed by atoms with E-state index in [1.54, 1.807) is 25.1 Å². The summed E-state index contributed by atoms with van der Waals surface area (Å²) in [7, 11) is 0. The Morgan fingerprint density at radius 2 is 2.28 bits per heavy atom. The molecule has 0 bridgehead atoms. The molecule has 7 heteroatoms. The number of benzene rings is 1. The SMILES string of the molecule is CC(=N)c1ccc(/C=C(\F)C(=O)O)cc1NPI. The second-order valence-corrected chi connectivity index (χ2v) is 5.50. The summed E-state index contributed by atoms with van der Waals surface area (Å²) in [4.78, 5) is 10.4. The molecule has 1 atom stereocenters. The van der Waals surface area contributed by atoms with Gasteiger partial charge in [-0.25, -0.2) is 4.79 Å². The maximum Gasteiger partial charge on any atom is 0.364 e. The number of carboxylic acid groups (broad SMARTS) is 1. The van der Waals surface area contributed by atoms with Gasteiger partial charge in [-0.2, -0.15) is 4.39 Å². The van der Waals surface area contributed by atoms with Crippen LogP contribution in [0.2, 0.25) is 0 Å². The number of carbonyl (C=O) groups is 1. The first kappa shape index (κ1) is 15.0. The average Bonchev–Trinajstić information content (AvgIpc) is 2.29. The Bertz CT molecular complexity index is 520. The molecule has 0 saturated heterocycles. The minimum atomic E-state index is -1.59. The zero-order valence-corrected chi connectivity index (χ0v) is 12.6. The molecule has 1 unspecified atom stereocenters. The summed E-state index contributed by atoms with van der Waals surface area (Å²) in [5, 5.41) is 19.2. The Labute approximate surface area is 119 Å². The fraction of sp³-hybridized carbons (Fsp3) is 0.0909. The quantitative estimate of drug-likeness (QED) is 0.315. The average molecular weight is 380 g/mol. The van der Waals surface area contributed by atoms with E-state index in [4.69, 9.17) is 10.5 Å². The number of nitrogens with one attached hydrogen (secondary N) is 2. The van der Waals surface area contributed by atoms with Crippen molar-refractivity contribution in [2.24, 2.45) is 0 Å². The number of hydrogen-bond acceptors (Lipinski definition) is 3. The van der Waals surface area contributed by atoms with E-state index < -0.39 is 11.8 Å². The Kier molecular flexibility index (Phi) is 5.68. The number of halogens is 2. The number of aliphatic carboxylic acids is 1. The van der Waals surface area contributed by atoms with Crippen molar-refractivity contribution >= 4 is 51.9 Å². The van der Waals surface area contributed by atoms with Gasteiger partial charge < -0.3 is 15.6 Å². The molecular weight excluding hydrogens is 369 g/mol. The minimum absolute atomic E-state index is 0.390. The molecular formula is C11H11FIN2O2P. The first-order valence-electron chi connectivity index (χ1n) is 4.87. The van der Waals surface area contributed by atoms with Gasteiger partial charge in [0.2, 0.25) is 5.83 Å². The monoisotopic (exact) mass is 380 g/mol. The molecule has 0 aliphatic heterocycles. The van der Waals surface area contributed by atoms with Crippen LogP contribution in [0.3, 0.4) is 0 Å². The van der Waals surface area contributed by atoms with Crippen molar-refractivity contribution in [1.29, 1.82) is 5.41 Å². The second-order valence-electron chi connectivity index (χ2n) is 3.45. The van der Waals surface area contributed by atoms with Crippen LogP contribution in [0.1, 0.15) is 18.1 Å². The summed E-state index contributed by atoms with van der Waals surface area (Å²) < 4.78 is 13.0. The van der Waals surface area contributed by atoms with Gasteiger partial charge in [-0.3, -0.25) is 0 Å². The summed E-state index contributed by atoms with van der Waals surface area (Å²) in [5.41, 5.74) is 2.24. The fourth-order valence-corrected chi connectivity index (χ4v) is 2.52. The van der Waals surface area contributed by atoms with Crippen LogP contribution in [0, 0.1) is 5.41 Å². The molecule has 18 heavy (non-hydrogen) atoms. The normalized spacial score (nSPS) is 11.8. The molecule has 0 saturated carbocycles. The Hall–Kier alpha value is -1.01. The van der Waals surface area contributed by atoms with Crippen LogP contribution < -0.4 is 5.09 Å². The molecule has 4 nitrogen and oxygen atoms in total. The molecule has 0 amide bonds. The van der Waals surface area contributed by atoms with Gasteiger partial charge in [-0.1, -0.05) is 12.1 Å². The van der Waals surface area contributed by atoms with Crippen LogP contribution >= 0.6 is 28.4 Å². The predicted octanol–water partition coefficient (Wildman–Crippen LogP) is 3.82. The topological polar surface area (TPSA) is 73.2 Å². The molecule has 96 valence electrons. The first-order valence-corrected chi connectivity index (χ1v) is 8.99. The Morgan fingerprint density at radius 1 is 1.61 bits per heavy atom. The van der Waals surface area contributed by atoms with E-state index in [0.29, 0.717) is 28.9 Å². The molecule has 0 fully saturated rings. The fourth-order valence-electron chi connectivity index (χ4n) is 1.34. The van der Waals surface area contributed by atoms with Crippen LogP contribution in [-0.2, 0) is 4.79 Å². The number of hydrogen-bond donors (Lipinski definition) is 3. The van der Waals surface area contributed by atoms with Crippen molar-refractivity contribution in [1.82, 2.24) is 0 Å². The van der Waals surface area contributed by atoms with E-state index in [0.717, 1.165) is 6.08 Å². The summed E-state index contributed by atoms with van der Waals surface area (Å²) in [6.45, 7) is 1.66. The molecule has 0 aromatic heterocycles. The molecule has 1 rings (SSSR count). The van der Waals surface area contributed by atoms with Gasteiger partial charge in [0.05, 0.1) is 0 Å². The standard InChI is InChI=1S/C11H11FIN2O2P/c1-6(14)8-3-2-7(4-9(12)11(16)17)5-10(8)15-18-13/h2-5,14-15,18H,1H3,(H,16,17)/b9-4-,14-6?. The molecule has 1 aromatic carbocycles. The third-order valence-electron chi connectivity index (χ3n) is 2.13. The predicted molar refractivity (Wildman–Crippen MR) is 81.6 cm³/mol. The number of rotatable bonds is 5. The summed E-state index contributed by atoms with van der Waals surface area (Å²) in [6, 6.07) is 4.88. The van der Waals surface area contributed by atoms with Crippen molar-refractivity contribution < 1.29 is 14.3 Å². The first-order chi connectivity index (χ1) is 8.45. The second kappa shape index (κ2) is 6.80. The third kappa shape index (κ3) is 4.03. The van der Waals surface area contributed by atoms with Gasteiger partial charge in [0.25, 0.3) is 0 Å². The molecule has 1 aromatic rings. The van der Waals surface area contributed by atoms with Crippen LogP contribution in [0.4, 0.5) is 10.1 Å². The Balaban J connectivity index is 3.18. The van der Waals surface area contributed by atoms with Crippen LogP contribution in [-0.4, -0.2) is 16.8 Å². The highest BCUT2D eigenvalue weighted by atomic mass is 127. The summed E-state index contributed by atoms with van der Waals surface area (Å²) >= 11 is 2.14. The molecule has 0 spiro atoms. The van der Waals surface area contributed by atoms with E-state index in [-0.39, 0.29) is 0 Å². The van der Waals surface area contributed by atoms with E-state index in [1.807, 2.05) is 0 Å². The van der Waals surface area contributed by atoms with Gasteiger partial charge in [-0.15, -0.1) is 0 Å². The van der Waals surface area contributed by atoms with Crippen molar-refractivity contribution in [2.75, 3.05) is 5.09 Å². The zero-order valence-electron chi connectivity index (χ0n) is 9.42. The smallest absolute Gasteiger partial charge is 0.364 e. The van der Waals surface area contributed by atoms with E-state index in [9.17, 15) is 9.18 Å². The summed E-state index contributed by atoms with van der Waals surface area (Å²) in [5.74, 6) is -2.80. The highest BCUT2D eigenvalue weighted by Gasteiger charge is 2.08. The highest BCUT2D eigenvalue weighted by Crippen LogP contribution is 2.28. The largest absolute Gasteiger partial charge is 0.476 e. The highest BCUT2D eigenvalue weighted by molar-refractivity contribution is 14.2. The lowest BCUT2D eigenvalue weighted by atomic mass is 10.1. The van der Waals surface area contributed by atoms with Crippen LogP contribution in [0.5, 0.6) is 0 Å². The van der Waals surface area contributed by atoms with E-state index in [1.165, 1.54) is 0 Å². The van der Waals surface area contributed by atoms with Crippen LogP contribution in [0.15, 0.2) is 24.0 Å². The number of carboxylic acids is 1. The zero-order chi connectivity index (χ0) is 13.7. The van der Waals surface area contributed by atoms with E-state index >= 15 is 0 Å². The molecule has 0 heterocycles. The maximum atomic E-state index is 13.0. The molecule has 3 N–H and O–H groups in total. The summed E-state index contributed by atoms with van der Waals surface area (Å²) in [6.07, 6.45) is 1.36. The van der Waals surface area contributed by atoms with Crippen molar-refractivity contribution in [3.63, 3.8) is 0 Å². The van der Waals surface area contributed by atoms with Crippen molar-refractivity contribution in [2.45, 2.75) is 6.92 Å². The van der Waals surface area contributed by atoms with Gasteiger partial charge in [-0.05, 0) is 46.7 Å². The lowest BCUT2D eigenvalue weighted by Gasteiger charge is -2.10. The van der Waals surface area contributed by atoms with Gasteiger partial charge in [0, 0.05) is 23.3 Å². The van der Waals surface area contributed by atoms with E-state index in [2.05, 4.69) is 27.1 Å². The molecule has 0 aliphatic rings. The number of anilines is 1. The van der Waals surface area contributed by atoms with Crippen molar-refractivity contribution in [3.05, 3.63) is 35.2 Å². The van der Waals surface area contributed by atoms with Crippen molar-refractivity contribution in [3.8, 4) is 0 Å². The van der Waals surface area contributed by atoms with Crippen LogP contribution in [0.25, 0.3) is 6.08 Å².